The van der Waals surface area contributed by atoms with E-state index in [1.807, 2.05) is 0 Å². The molecule has 15 heavy (non-hydrogen) atoms. The first-order valence-electron chi connectivity index (χ1n) is 4.29. The van der Waals surface area contributed by atoms with Crippen LogP contribution in [0.4, 0.5) is 4.39 Å². The van der Waals surface area contributed by atoms with Gasteiger partial charge in [0, 0.05) is 5.56 Å². The van der Waals surface area contributed by atoms with Gasteiger partial charge in [0.2, 0.25) is 0 Å². The first-order valence-corrected chi connectivity index (χ1v) is 4.29. The maximum absolute atomic E-state index is 12.9. The molecule has 5 heteroatoms. The van der Waals surface area contributed by atoms with Crippen LogP contribution in [0.15, 0.2) is 37.9 Å². The van der Waals surface area contributed by atoms with E-state index in [9.17, 15) is 9.18 Å². The van der Waals surface area contributed by atoms with Crippen LogP contribution in [0.5, 0.6) is 0 Å². The summed E-state index contributed by atoms with van der Waals surface area (Å²) in [4.78, 5) is 10.8. The Morgan fingerprint density at radius 2 is 2.13 bits per heavy atom. The molecule has 0 aliphatic heterocycles. The van der Waals surface area contributed by atoms with Crippen molar-refractivity contribution >= 4 is 0 Å². The third-order valence-corrected chi connectivity index (χ3v) is 1.92. The van der Waals surface area contributed by atoms with Gasteiger partial charge in [-0.05, 0) is 12.1 Å². The van der Waals surface area contributed by atoms with Crippen molar-refractivity contribution < 1.29 is 13.2 Å². The number of nitrogens with two attached hydrogens (primary N) is 1. The molecule has 0 spiro atoms. The van der Waals surface area contributed by atoms with E-state index in [0.29, 0.717) is 5.56 Å². The number of benzene rings is 1. The number of hydrogen-bond acceptors (Lipinski definition) is 4. The van der Waals surface area contributed by atoms with Crippen molar-refractivity contribution in [2.75, 3.05) is 0 Å². The van der Waals surface area contributed by atoms with Gasteiger partial charge in [0.25, 0.3) is 0 Å². The lowest BCUT2D eigenvalue weighted by atomic mass is 10.1. The summed E-state index contributed by atoms with van der Waals surface area (Å²) >= 11 is 0. The molecule has 0 unspecified atom stereocenters. The van der Waals surface area contributed by atoms with Crippen LogP contribution in [0.3, 0.4) is 0 Å². The lowest BCUT2D eigenvalue weighted by Gasteiger charge is -1.97. The smallest absolute Gasteiger partial charge is 0.394 e. The predicted molar refractivity (Wildman–Crippen MR) is 50.5 cm³/mol. The standard InChI is InChI=1S/C10H8FNO3/c11-7-3-1-2-6(4-7)9-8(5-12)14-10(13)15-9/h1-4H,5,12H2. The highest BCUT2D eigenvalue weighted by Crippen LogP contribution is 2.22. The largest absolute Gasteiger partial charge is 0.519 e. The quantitative estimate of drug-likeness (QED) is 0.813. The highest BCUT2D eigenvalue weighted by atomic mass is 19.1. The zero-order valence-electron chi connectivity index (χ0n) is 7.70. The average molecular weight is 209 g/mol. The molecule has 0 aliphatic rings. The molecule has 78 valence electrons. The molecule has 1 heterocycles. The van der Waals surface area contributed by atoms with Crippen LogP contribution in [-0.4, -0.2) is 0 Å². The van der Waals surface area contributed by atoms with E-state index in [0.717, 1.165) is 0 Å². The van der Waals surface area contributed by atoms with Crippen LogP contribution >= 0.6 is 0 Å². The summed E-state index contributed by atoms with van der Waals surface area (Å²) in [5.41, 5.74) is 5.78. The van der Waals surface area contributed by atoms with Crippen LogP contribution in [-0.2, 0) is 6.54 Å². The third kappa shape index (κ3) is 1.82. The molecule has 0 saturated carbocycles. The van der Waals surface area contributed by atoms with Crippen LogP contribution in [0.1, 0.15) is 5.76 Å². The molecule has 1 aromatic carbocycles. The fourth-order valence-corrected chi connectivity index (χ4v) is 1.29. The van der Waals surface area contributed by atoms with Crippen molar-refractivity contribution in [1.82, 2.24) is 0 Å². The van der Waals surface area contributed by atoms with Gasteiger partial charge in [-0.3, -0.25) is 0 Å². The molecule has 0 bridgehead atoms. The molecule has 0 saturated heterocycles. The first kappa shape index (κ1) is 9.67. The van der Waals surface area contributed by atoms with E-state index in [1.54, 1.807) is 6.07 Å². The van der Waals surface area contributed by atoms with Gasteiger partial charge in [-0.25, -0.2) is 9.18 Å². The van der Waals surface area contributed by atoms with Crippen LogP contribution in [0.2, 0.25) is 0 Å². The molecular formula is C10H8FNO3. The number of rotatable bonds is 2. The topological polar surface area (TPSA) is 69.4 Å². The lowest BCUT2D eigenvalue weighted by molar-refractivity contribution is 0.376. The van der Waals surface area contributed by atoms with E-state index in [1.165, 1.54) is 18.2 Å². The van der Waals surface area contributed by atoms with Gasteiger partial charge in [-0.15, -0.1) is 0 Å². The van der Waals surface area contributed by atoms with Gasteiger partial charge < -0.3 is 14.6 Å². The van der Waals surface area contributed by atoms with Gasteiger partial charge in [-0.2, -0.15) is 0 Å². The number of halogens is 1. The summed E-state index contributed by atoms with van der Waals surface area (Å²) in [6.45, 7) is 0.0254. The molecule has 2 rings (SSSR count). The van der Waals surface area contributed by atoms with E-state index >= 15 is 0 Å². The second kappa shape index (κ2) is 3.70. The Hall–Kier alpha value is -1.88. The molecule has 0 atom stereocenters. The minimum absolute atomic E-state index is 0.0254. The Bertz CT molecular complexity index is 529. The van der Waals surface area contributed by atoms with Crippen LogP contribution in [0, 0.1) is 5.82 Å². The summed E-state index contributed by atoms with van der Waals surface area (Å²) < 4.78 is 22.4. The third-order valence-electron chi connectivity index (χ3n) is 1.92. The van der Waals surface area contributed by atoms with Crippen molar-refractivity contribution in [2.24, 2.45) is 5.73 Å². The molecule has 1 aromatic heterocycles. The lowest BCUT2D eigenvalue weighted by Crippen LogP contribution is -1.96. The van der Waals surface area contributed by atoms with Crippen molar-refractivity contribution in [3.63, 3.8) is 0 Å². The Kier molecular flexibility index (Phi) is 2.39. The Balaban J connectivity index is 2.57. The summed E-state index contributed by atoms with van der Waals surface area (Å²) in [6.07, 6.45) is 0. The van der Waals surface area contributed by atoms with E-state index < -0.39 is 11.6 Å². The second-order valence-electron chi connectivity index (χ2n) is 2.92. The summed E-state index contributed by atoms with van der Waals surface area (Å²) in [6, 6.07) is 5.66. The maximum Gasteiger partial charge on any atom is 0.519 e. The van der Waals surface area contributed by atoms with Crippen molar-refractivity contribution in [3.05, 3.63) is 46.5 Å². The molecule has 4 nitrogen and oxygen atoms in total. The van der Waals surface area contributed by atoms with E-state index in [-0.39, 0.29) is 18.1 Å². The zero-order chi connectivity index (χ0) is 10.8. The normalized spacial score (nSPS) is 10.5. The van der Waals surface area contributed by atoms with Gasteiger partial charge in [0.15, 0.2) is 11.5 Å². The van der Waals surface area contributed by atoms with Gasteiger partial charge in [0.05, 0.1) is 6.54 Å². The van der Waals surface area contributed by atoms with Gasteiger partial charge in [0.1, 0.15) is 5.82 Å². The van der Waals surface area contributed by atoms with Crippen molar-refractivity contribution in [3.8, 4) is 11.3 Å². The fraction of sp³-hybridized carbons (Fsp3) is 0.100. The van der Waals surface area contributed by atoms with Crippen molar-refractivity contribution in [2.45, 2.75) is 6.54 Å². The maximum atomic E-state index is 12.9. The Morgan fingerprint density at radius 1 is 1.33 bits per heavy atom. The SMILES string of the molecule is NCc1oc(=O)oc1-c1cccc(F)c1. The summed E-state index contributed by atoms with van der Waals surface area (Å²) in [5.74, 6) is -0.860. The first-order chi connectivity index (χ1) is 7.20. The monoisotopic (exact) mass is 209 g/mol. The van der Waals surface area contributed by atoms with Crippen molar-refractivity contribution in [1.29, 1.82) is 0 Å². The molecule has 2 aromatic rings. The highest BCUT2D eigenvalue weighted by Gasteiger charge is 2.13. The predicted octanol–water partition coefficient (Wildman–Crippen LogP) is 1.50. The zero-order valence-corrected chi connectivity index (χ0v) is 7.70. The molecular weight excluding hydrogens is 201 g/mol. The molecule has 0 fully saturated rings. The second-order valence-corrected chi connectivity index (χ2v) is 2.92. The number of hydrogen-bond donors (Lipinski definition) is 1. The minimum atomic E-state index is -0.838. The molecule has 0 aliphatic carbocycles. The van der Waals surface area contributed by atoms with Crippen LogP contribution < -0.4 is 11.6 Å². The molecule has 0 radical (unpaired) electrons. The fourth-order valence-electron chi connectivity index (χ4n) is 1.29. The Labute approximate surface area is 84.1 Å². The molecule has 0 amide bonds. The van der Waals surface area contributed by atoms with E-state index in [2.05, 4.69) is 4.42 Å². The van der Waals surface area contributed by atoms with E-state index in [4.69, 9.17) is 10.2 Å². The van der Waals surface area contributed by atoms with Gasteiger partial charge >= 0.3 is 5.82 Å². The van der Waals surface area contributed by atoms with Gasteiger partial charge in [-0.1, -0.05) is 12.1 Å². The Morgan fingerprint density at radius 3 is 2.80 bits per heavy atom. The molecule has 2 N–H and O–H groups in total. The minimum Gasteiger partial charge on any atom is -0.394 e. The summed E-state index contributed by atoms with van der Waals surface area (Å²) in [7, 11) is 0. The summed E-state index contributed by atoms with van der Waals surface area (Å²) in [5, 5.41) is 0. The average Bonchev–Trinajstić information content (AvgIpc) is 2.59. The highest BCUT2D eigenvalue weighted by molar-refractivity contribution is 5.58. The van der Waals surface area contributed by atoms with Crippen LogP contribution in [0.25, 0.3) is 11.3 Å².